The van der Waals surface area contributed by atoms with Crippen LogP contribution >= 0.6 is 0 Å². The fourth-order valence-corrected chi connectivity index (χ4v) is 0.558. The first-order chi connectivity index (χ1) is 5.66. The maximum absolute atomic E-state index is 11.5. The van der Waals surface area contributed by atoms with Gasteiger partial charge in [-0.05, 0) is 0 Å². The van der Waals surface area contributed by atoms with Gasteiger partial charge in [-0.2, -0.15) is 0 Å². The Kier molecular flexibility index (Phi) is 5.68. The fourth-order valence-electron chi connectivity index (χ4n) is 0.558. The lowest BCUT2D eigenvalue weighted by Crippen LogP contribution is -2.30. The molecule has 0 aliphatic carbocycles. The van der Waals surface area contributed by atoms with Crippen molar-refractivity contribution in [3.8, 4) is 0 Å². The summed E-state index contributed by atoms with van der Waals surface area (Å²) >= 11 is 0. The van der Waals surface area contributed by atoms with Gasteiger partial charge in [0.15, 0.2) is 0 Å². The summed E-state index contributed by atoms with van der Waals surface area (Å²) in [5, 5.41) is 12.4. The number of carbonyl (C=O) groups is 2. The van der Waals surface area contributed by atoms with Crippen LogP contribution in [0.15, 0.2) is 0 Å². The molecule has 0 bridgehead atoms. The summed E-state index contributed by atoms with van der Waals surface area (Å²) in [6.07, 6.45) is -1.14. The largest absolute Gasteiger partial charge is 0.465 e. The highest BCUT2D eigenvalue weighted by molar-refractivity contribution is 5.76. The SMILES string of the molecule is O=C(O)NCCC(=O)NCCF. The van der Waals surface area contributed by atoms with Gasteiger partial charge in [0.05, 0.1) is 0 Å². The molecule has 0 aromatic carbocycles. The zero-order valence-electron chi connectivity index (χ0n) is 6.47. The molecule has 3 N–H and O–H groups in total. The Morgan fingerprint density at radius 2 is 1.92 bits per heavy atom. The summed E-state index contributed by atoms with van der Waals surface area (Å²) < 4.78 is 11.5. The van der Waals surface area contributed by atoms with Gasteiger partial charge >= 0.3 is 6.09 Å². The van der Waals surface area contributed by atoms with Crippen LogP contribution in [-0.4, -0.2) is 36.9 Å². The summed E-state index contributed by atoms with van der Waals surface area (Å²) in [6.45, 7) is -0.586. The third kappa shape index (κ3) is 6.79. The van der Waals surface area contributed by atoms with Crippen molar-refractivity contribution in [2.75, 3.05) is 19.8 Å². The molecule has 12 heavy (non-hydrogen) atoms. The van der Waals surface area contributed by atoms with E-state index in [1.54, 1.807) is 0 Å². The second-order valence-electron chi connectivity index (χ2n) is 2.02. The first kappa shape index (κ1) is 10.7. The minimum absolute atomic E-state index is 0.0219. The van der Waals surface area contributed by atoms with E-state index >= 15 is 0 Å². The van der Waals surface area contributed by atoms with Crippen LogP contribution in [0.1, 0.15) is 6.42 Å². The van der Waals surface area contributed by atoms with Crippen molar-refractivity contribution in [3.63, 3.8) is 0 Å². The average molecular weight is 178 g/mol. The van der Waals surface area contributed by atoms with Crippen LogP contribution in [0.3, 0.4) is 0 Å². The van der Waals surface area contributed by atoms with Crippen molar-refractivity contribution >= 4 is 12.0 Å². The Hall–Kier alpha value is -1.33. The second kappa shape index (κ2) is 6.38. The molecule has 70 valence electrons. The number of halogens is 1. The number of rotatable bonds is 5. The van der Waals surface area contributed by atoms with E-state index in [0.29, 0.717) is 0 Å². The highest BCUT2D eigenvalue weighted by Gasteiger charge is 2.00. The van der Waals surface area contributed by atoms with Gasteiger partial charge in [0, 0.05) is 19.5 Å². The van der Waals surface area contributed by atoms with Crippen LogP contribution in [0.4, 0.5) is 9.18 Å². The molecule has 0 aliphatic rings. The predicted molar refractivity (Wildman–Crippen MR) is 39.6 cm³/mol. The van der Waals surface area contributed by atoms with E-state index in [4.69, 9.17) is 5.11 Å². The van der Waals surface area contributed by atoms with E-state index in [-0.39, 0.29) is 25.4 Å². The number of carbonyl (C=O) groups excluding carboxylic acids is 1. The molecule has 0 rings (SSSR count). The molecule has 0 aromatic rings. The van der Waals surface area contributed by atoms with Crippen LogP contribution < -0.4 is 10.6 Å². The van der Waals surface area contributed by atoms with Gasteiger partial charge in [-0.15, -0.1) is 0 Å². The van der Waals surface area contributed by atoms with Crippen molar-refractivity contribution in [2.24, 2.45) is 0 Å². The number of alkyl halides is 1. The molecule has 6 heteroatoms. The van der Waals surface area contributed by atoms with Gasteiger partial charge in [-0.3, -0.25) is 4.79 Å². The van der Waals surface area contributed by atoms with Crippen molar-refractivity contribution < 1.29 is 19.1 Å². The van der Waals surface area contributed by atoms with Crippen LogP contribution in [0, 0.1) is 0 Å². The lowest BCUT2D eigenvalue weighted by atomic mass is 10.4. The molecule has 0 aromatic heterocycles. The molecule has 0 fully saturated rings. The lowest BCUT2D eigenvalue weighted by Gasteiger charge is -2.01. The molecule has 0 heterocycles. The summed E-state index contributed by atoms with van der Waals surface area (Å²) in [6, 6.07) is 0. The zero-order chi connectivity index (χ0) is 9.40. The topological polar surface area (TPSA) is 78.4 Å². The van der Waals surface area contributed by atoms with Crippen LogP contribution in [0.2, 0.25) is 0 Å². The molecule has 5 nitrogen and oxygen atoms in total. The third-order valence-electron chi connectivity index (χ3n) is 1.04. The quantitative estimate of drug-likeness (QED) is 0.542. The highest BCUT2D eigenvalue weighted by Crippen LogP contribution is 1.77. The maximum atomic E-state index is 11.5. The Bertz CT molecular complexity index is 163. The number of nitrogens with one attached hydrogen (secondary N) is 2. The van der Waals surface area contributed by atoms with Crippen molar-refractivity contribution in [1.29, 1.82) is 0 Å². The predicted octanol–water partition coefficient (Wildman–Crippen LogP) is -0.270. The Morgan fingerprint density at radius 1 is 1.25 bits per heavy atom. The lowest BCUT2D eigenvalue weighted by molar-refractivity contribution is -0.121. The van der Waals surface area contributed by atoms with Crippen molar-refractivity contribution in [1.82, 2.24) is 10.6 Å². The molecule has 0 unspecified atom stereocenters. The molecule has 0 saturated carbocycles. The summed E-state index contributed by atoms with van der Waals surface area (Å²) in [7, 11) is 0. The van der Waals surface area contributed by atoms with E-state index in [9.17, 15) is 14.0 Å². The number of carboxylic acid groups (broad SMARTS) is 1. The van der Waals surface area contributed by atoms with Crippen LogP contribution in [-0.2, 0) is 4.79 Å². The van der Waals surface area contributed by atoms with Crippen molar-refractivity contribution in [3.05, 3.63) is 0 Å². The summed E-state index contributed by atoms with van der Waals surface area (Å²) in [5.41, 5.74) is 0. The smallest absolute Gasteiger partial charge is 0.404 e. The zero-order valence-corrected chi connectivity index (χ0v) is 6.47. The monoisotopic (exact) mass is 178 g/mol. The minimum atomic E-state index is -1.17. The summed E-state index contributed by atoms with van der Waals surface area (Å²) in [5.74, 6) is -0.360. The first-order valence-corrected chi connectivity index (χ1v) is 3.46. The molecule has 0 saturated heterocycles. The van der Waals surface area contributed by atoms with Gasteiger partial charge in [0.25, 0.3) is 0 Å². The van der Waals surface area contributed by atoms with E-state index in [2.05, 4.69) is 5.32 Å². The van der Waals surface area contributed by atoms with Crippen molar-refractivity contribution in [2.45, 2.75) is 6.42 Å². The molecular formula is C6H11FN2O3. The summed E-state index contributed by atoms with van der Waals surface area (Å²) in [4.78, 5) is 20.6. The molecular weight excluding hydrogens is 167 g/mol. The molecule has 2 amide bonds. The molecule has 0 atom stereocenters. The number of hydrogen-bond donors (Lipinski definition) is 3. The van der Waals surface area contributed by atoms with E-state index in [1.807, 2.05) is 5.32 Å². The van der Waals surface area contributed by atoms with Gasteiger partial charge in [0.2, 0.25) is 5.91 Å². The number of hydrogen-bond acceptors (Lipinski definition) is 2. The Morgan fingerprint density at radius 3 is 2.42 bits per heavy atom. The van der Waals surface area contributed by atoms with E-state index in [0.717, 1.165) is 0 Å². The first-order valence-electron chi connectivity index (χ1n) is 3.46. The maximum Gasteiger partial charge on any atom is 0.404 e. The van der Waals surface area contributed by atoms with Gasteiger partial charge in [-0.25, -0.2) is 9.18 Å². The molecule has 0 aliphatic heterocycles. The van der Waals surface area contributed by atoms with Crippen LogP contribution in [0.5, 0.6) is 0 Å². The van der Waals surface area contributed by atoms with E-state index in [1.165, 1.54) is 0 Å². The fraction of sp³-hybridized carbons (Fsp3) is 0.667. The molecule has 0 radical (unpaired) electrons. The normalized spacial score (nSPS) is 9.08. The standard InChI is InChI=1S/C6H11FN2O3/c7-2-4-8-5(10)1-3-9-6(11)12/h9H,1-4H2,(H,8,10)(H,11,12). The number of amides is 2. The van der Waals surface area contributed by atoms with Gasteiger partial charge in [-0.1, -0.05) is 0 Å². The average Bonchev–Trinajstić information content (AvgIpc) is 2.00. The third-order valence-corrected chi connectivity index (χ3v) is 1.04. The minimum Gasteiger partial charge on any atom is -0.465 e. The Balaban J connectivity index is 3.25. The molecule has 0 spiro atoms. The second-order valence-corrected chi connectivity index (χ2v) is 2.02. The Labute approximate surface area is 68.9 Å². The highest BCUT2D eigenvalue weighted by atomic mass is 19.1. The van der Waals surface area contributed by atoms with E-state index < -0.39 is 12.8 Å². The van der Waals surface area contributed by atoms with Crippen LogP contribution in [0.25, 0.3) is 0 Å². The van der Waals surface area contributed by atoms with Gasteiger partial charge < -0.3 is 15.7 Å². The van der Waals surface area contributed by atoms with Gasteiger partial charge in [0.1, 0.15) is 6.67 Å².